The Labute approximate surface area is 204 Å². The molecule has 1 fully saturated rings. The Bertz CT molecular complexity index is 716. The fourth-order valence-electron chi connectivity index (χ4n) is 2.71. The number of benzene rings is 1. The van der Waals surface area contributed by atoms with E-state index in [1.807, 2.05) is 0 Å². The first-order valence-corrected chi connectivity index (χ1v) is 9.99. The van der Waals surface area contributed by atoms with Gasteiger partial charge in [-0.15, -0.1) is 11.8 Å². The minimum Gasteiger partial charge on any atom is -0.714 e. The molecule has 0 aromatic heterocycles. The smallest absolute Gasteiger partial charge is 0.714 e. The number of thioether (sulfide) groups is 1. The van der Waals surface area contributed by atoms with Crippen LogP contribution in [0.25, 0.3) is 0 Å². The Hall–Kier alpha value is 0.426. The van der Waals surface area contributed by atoms with Crippen molar-refractivity contribution in [1.29, 1.82) is 0 Å². The molecule has 9 nitrogen and oxygen atoms in total. The first kappa shape index (κ1) is 25.5. The molecule has 0 spiro atoms. The summed E-state index contributed by atoms with van der Waals surface area (Å²) in [4.78, 5) is 0. The van der Waals surface area contributed by atoms with Crippen LogP contribution in [0.4, 0.5) is 0 Å². The summed E-state index contributed by atoms with van der Waals surface area (Å²) in [6, 6.07) is 8.84. The second kappa shape index (κ2) is 11.6. The van der Waals surface area contributed by atoms with Crippen molar-refractivity contribution in [1.82, 2.24) is 0 Å². The molecule has 1 aliphatic rings. The van der Waals surface area contributed by atoms with Crippen LogP contribution in [0.2, 0.25) is 0 Å². The van der Waals surface area contributed by atoms with Crippen molar-refractivity contribution in [3.63, 3.8) is 0 Å². The number of hydrogen-bond acceptors (Lipinski definition) is 10. The molecular weight excluding hydrogens is 425 g/mol. The molecule has 1 aromatic carbocycles. The molecule has 0 aliphatic heterocycles. The molecule has 0 saturated heterocycles. The third-order valence-electron chi connectivity index (χ3n) is 4.05. The zero-order valence-electron chi connectivity index (χ0n) is 14.6. The molecule has 0 bridgehead atoms. The Balaban J connectivity index is 0.00000364. The van der Waals surface area contributed by atoms with Gasteiger partial charge in [0, 0.05) is 24.2 Å². The van der Waals surface area contributed by atoms with E-state index in [1.54, 1.807) is 30.3 Å². The number of rotatable bonds is 6. The van der Waals surface area contributed by atoms with Crippen LogP contribution in [-0.2, 0) is 21.1 Å². The van der Waals surface area contributed by atoms with Crippen molar-refractivity contribution in [2.24, 2.45) is 11.1 Å². The third-order valence-corrected chi connectivity index (χ3v) is 5.57. The molecular formula is C15H20KNO8S2. The molecule has 1 saturated carbocycles. The fraction of sp³-hybridized carbons (Fsp3) is 0.533. The average molecular weight is 446 g/mol. The van der Waals surface area contributed by atoms with Gasteiger partial charge >= 0.3 is 51.4 Å². The van der Waals surface area contributed by atoms with E-state index < -0.39 is 46.5 Å². The van der Waals surface area contributed by atoms with E-state index in [9.17, 15) is 33.4 Å². The number of aliphatic hydroxyl groups is 4. The van der Waals surface area contributed by atoms with Crippen molar-refractivity contribution in [3.05, 3.63) is 35.9 Å². The standard InChI is InChI=1S/C15H21NO8S2.K/c17-8-10-7-11(14(19)15(20)13(10)18)25-12(16-24-26(21,22)23)6-9-4-2-1-3-5-9;/h1-5,10-11,13-15,17-20H,6-8H2,(H,21,22,23);/q;+1/p-1/b16-12-;/t10?,11?,13-,14-,15+;/m1./s1. The Morgan fingerprint density at radius 2 is 1.81 bits per heavy atom. The van der Waals surface area contributed by atoms with Gasteiger partial charge in [-0.1, -0.05) is 35.5 Å². The quantitative estimate of drug-likeness (QED) is 0.0860. The van der Waals surface area contributed by atoms with E-state index in [2.05, 4.69) is 9.44 Å². The number of hydrogen-bond donors (Lipinski definition) is 4. The van der Waals surface area contributed by atoms with Crippen LogP contribution < -0.4 is 51.4 Å². The minimum absolute atomic E-state index is 0. The summed E-state index contributed by atoms with van der Waals surface area (Å²) >= 11 is 0.924. The van der Waals surface area contributed by atoms with Gasteiger partial charge in [0.2, 0.25) is 0 Å². The van der Waals surface area contributed by atoms with E-state index >= 15 is 0 Å². The molecule has 1 aliphatic carbocycles. The summed E-state index contributed by atoms with van der Waals surface area (Å²) in [5.41, 5.74) is 0.759. The van der Waals surface area contributed by atoms with E-state index in [4.69, 9.17) is 0 Å². The molecule has 27 heavy (non-hydrogen) atoms. The maximum atomic E-state index is 10.7. The fourth-order valence-corrected chi connectivity index (χ4v) is 4.26. The Kier molecular flexibility index (Phi) is 10.9. The van der Waals surface area contributed by atoms with Gasteiger partial charge in [-0.05, 0) is 12.0 Å². The van der Waals surface area contributed by atoms with Crippen molar-refractivity contribution in [2.45, 2.75) is 36.4 Å². The molecule has 12 heteroatoms. The van der Waals surface area contributed by atoms with Crippen molar-refractivity contribution in [3.8, 4) is 0 Å². The van der Waals surface area contributed by atoms with Crippen LogP contribution in [0.1, 0.15) is 12.0 Å². The van der Waals surface area contributed by atoms with Gasteiger partial charge in [0.25, 0.3) is 10.4 Å². The Morgan fingerprint density at radius 3 is 2.37 bits per heavy atom. The molecule has 2 rings (SSSR count). The topological polar surface area (TPSA) is 160 Å². The second-order valence-corrected chi connectivity index (χ2v) is 8.21. The van der Waals surface area contributed by atoms with Crippen molar-refractivity contribution >= 4 is 27.2 Å². The van der Waals surface area contributed by atoms with Gasteiger partial charge in [-0.2, -0.15) is 8.42 Å². The van der Waals surface area contributed by atoms with Crippen LogP contribution in [-0.4, -0.2) is 68.6 Å². The normalized spacial score (nSPS) is 29.1. The average Bonchev–Trinajstić information content (AvgIpc) is 2.60. The Morgan fingerprint density at radius 1 is 1.19 bits per heavy atom. The zero-order valence-corrected chi connectivity index (χ0v) is 19.3. The van der Waals surface area contributed by atoms with Crippen LogP contribution in [0.3, 0.4) is 0 Å². The van der Waals surface area contributed by atoms with Gasteiger partial charge in [-0.25, -0.2) is 0 Å². The van der Waals surface area contributed by atoms with Gasteiger partial charge in [-0.3, -0.25) is 4.28 Å². The monoisotopic (exact) mass is 445 g/mol. The largest absolute Gasteiger partial charge is 1.00 e. The van der Waals surface area contributed by atoms with Gasteiger partial charge in [0.1, 0.15) is 11.1 Å². The summed E-state index contributed by atoms with van der Waals surface area (Å²) < 4.78 is 36.0. The SMILES string of the molecule is O=S(=O)([O-])O/N=C(/Cc1ccccc1)SC1CC(CO)[C@@H](O)[C@H](O)[C@@H]1O.[K+]. The molecule has 146 valence electrons. The third kappa shape index (κ3) is 7.99. The van der Waals surface area contributed by atoms with Crippen molar-refractivity contribution in [2.75, 3.05) is 6.61 Å². The molecule has 2 unspecified atom stereocenters. The molecule has 0 radical (unpaired) electrons. The summed E-state index contributed by atoms with van der Waals surface area (Å²) in [5.74, 6) is -0.659. The van der Waals surface area contributed by atoms with Crippen LogP contribution in [0.15, 0.2) is 35.5 Å². The number of oxime groups is 1. The first-order valence-electron chi connectivity index (χ1n) is 7.78. The molecule has 0 amide bonds. The van der Waals surface area contributed by atoms with E-state index in [1.165, 1.54) is 0 Å². The molecule has 1 aromatic rings. The predicted molar refractivity (Wildman–Crippen MR) is 93.0 cm³/mol. The summed E-state index contributed by atoms with van der Waals surface area (Å²) in [6.45, 7) is -0.390. The molecule has 4 N–H and O–H groups in total. The first-order chi connectivity index (χ1) is 12.2. The number of aliphatic hydroxyl groups excluding tert-OH is 4. The van der Waals surface area contributed by atoms with E-state index in [-0.39, 0.29) is 69.3 Å². The van der Waals surface area contributed by atoms with Crippen LogP contribution >= 0.6 is 11.8 Å². The minimum atomic E-state index is -5.04. The zero-order chi connectivity index (χ0) is 19.3. The maximum Gasteiger partial charge on any atom is 1.00 e. The van der Waals surface area contributed by atoms with Crippen molar-refractivity contribution < 1.29 is 89.1 Å². The maximum absolute atomic E-state index is 10.7. The van der Waals surface area contributed by atoms with Gasteiger partial charge in [0.15, 0.2) is 0 Å². The summed E-state index contributed by atoms with van der Waals surface area (Å²) in [6.07, 6.45) is -3.80. The molecule has 0 heterocycles. The molecule has 5 atom stereocenters. The predicted octanol–water partition coefficient (Wildman–Crippen LogP) is -3.78. The van der Waals surface area contributed by atoms with Crippen LogP contribution in [0.5, 0.6) is 0 Å². The van der Waals surface area contributed by atoms with Crippen LogP contribution in [0, 0.1) is 5.92 Å². The number of nitrogens with zero attached hydrogens (tertiary/aromatic N) is 1. The van der Waals surface area contributed by atoms with E-state index in [0.29, 0.717) is 0 Å². The second-order valence-electron chi connectivity index (χ2n) is 5.94. The van der Waals surface area contributed by atoms with E-state index in [0.717, 1.165) is 17.3 Å². The summed E-state index contributed by atoms with van der Waals surface area (Å²) in [5, 5.41) is 42.1. The van der Waals surface area contributed by atoms with Gasteiger partial charge < -0.3 is 25.0 Å². The van der Waals surface area contributed by atoms with Gasteiger partial charge in [0.05, 0.1) is 12.2 Å². The summed E-state index contributed by atoms with van der Waals surface area (Å²) in [7, 11) is -5.04.